The maximum atomic E-state index is 12.5. The monoisotopic (exact) mass is 409 g/mol. The molecule has 0 aromatic carbocycles. The van der Waals surface area contributed by atoms with E-state index in [1.165, 1.54) is 0 Å². The van der Waals surface area contributed by atoms with Crippen molar-refractivity contribution in [1.82, 2.24) is 4.90 Å². The van der Waals surface area contributed by atoms with E-state index in [-0.39, 0.29) is 37.1 Å². The molecule has 0 bridgehead atoms. The molecule has 2 saturated heterocycles. The number of fused-ring (bicyclic) bond motifs is 1. The van der Waals surface area contributed by atoms with E-state index in [4.69, 9.17) is 9.47 Å². The zero-order valence-electron chi connectivity index (χ0n) is 17.9. The van der Waals surface area contributed by atoms with Gasteiger partial charge in [0.2, 0.25) is 5.78 Å². The molecule has 2 fully saturated rings. The van der Waals surface area contributed by atoms with Gasteiger partial charge in [0.15, 0.2) is 17.3 Å². The highest BCUT2D eigenvalue weighted by molar-refractivity contribution is 6.39. The number of ether oxygens (including phenoxy) is 2. The Kier molecular flexibility index (Phi) is 9.59. The number of ketones is 4. The summed E-state index contributed by atoms with van der Waals surface area (Å²) in [4.78, 5) is 51.2. The largest absolute Gasteiger partial charge is 0.379 e. The molecule has 1 atom stereocenters. The number of Topliss-reactive ketones (excluding diaryl/α,β-unsaturated/α-hetero) is 4. The van der Waals surface area contributed by atoms with Gasteiger partial charge in [-0.3, -0.25) is 24.1 Å². The van der Waals surface area contributed by atoms with Crippen molar-refractivity contribution < 1.29 is 28.7 Å². The summed E-state index contributed by atoms with van der Waals surface area (Å²) in [6, 6.07) is -0.232. The Labute approximate surface area is 173 Å². The van der Waals surface area contributed by atoms with Crippen LogP contribution in [-0.4, -0.2) is 73.6 Å². The van der Waals surface area contributed by atoms with Crippen molar-refractivity contribution in [2.45, 2.75) is 71.3 Å². The molecule has 7 nitrogen and oxygen atoms in total. The van der Waals surface area contributed by atoms with Crippen molar-refractivity contribution in [2.24, 2.45) is 5.41 Å². The van der Waals surface area contributed by atoms with Gasteiger partial charge >= 0.3 is 0 Å². The van der Waals surface area contributed by atoms with Gasteiger partial charge in [-0.25, -0.2) is 0 Å². The normalized spacial score (nSPS) is 27.6. The van der Waals surface area contributed by atoms with Gasteiger partial charge in [-0.15, -0.1) is 0 Å². The van der Waals surface area contributed by atoms with Crippen molar-refractivity contribution in [1.29, 1.82) is 0 Å². The number of carbonyl (C=O) groups is 4. The first-order valence-corrected chi connectivity index (χ1v) is 10.8. The van der Waals surface area contributed by atoms with Gasteiger partial charge in [0.05, 0.1) is 12.6 Å². The average Bonchev–Trinajstić information content (AvgIpc) is 2.69. The van der Waals surface area contributed by atoms with Crippen LogP contribution >= 0.6 is 0 Å². The molecule has 0 amide bonds. The average molecular weight is 410 g/mol. The molecule has 164 valence electrons. The zero-order valence-corrected chi connectivity index (χ0v) is 17.9. The van der Waals surface area contributed by atoms with Gasteiger partial charge in [-0.2, -0.15) is 0 Å². The smallest absolute Gasteiger partial charge is 0.203 e. The summed E-state index contributed by atoms with van der Waals surface area (Å²) in [6.45, 7) is 6.32. The highest BCUT2D eigenvalue weighted by atomic mass is 16.5. The fourth-order valence-electron chi connectivity index (χ4n) is 3.81. The maximum absolute atomic E-state index is 12.5. The van der Waals surface area contributed by atoms with Crippen molar-refractivity contribution in [3.63, 3.8) is 0 Å². The maximum Gasteiger partial charge on any atom is 0.203 e. The Bertz CT molecular complexity index is 600. The van der Waals surface area contributed by atoms with E-state index in [0.717, 1.165) is 32.4 Å². The van der Waals surface area contributed by atoms with E-state index >= 15 is 0 Å². The summed E-state index contributed by atoms with van der Waals surface area (Å²) >= 11 is 0. The second kappa shape index (κ2) is 11.7. The fraction of sp³-hybridized carbons (Fsp3) is 0.818. The standard InChI is InChI=1S/C22H35NO6/c1-22(2)10-9-17(24)15-28-13-4-3-11-23-12-5-7-19(25)18(23)16-29-14-6-8-20(26)21(22)27/h18H,3-16H2,1-2H3. The van der Waals surface area contributed by atoms with Crippen LogP contribution < -0.4 is 0 Å². The van der Waals surface area contributed by atoms with Crippen LogP contribution in [0.5, 0.6) is 0 Å². The molecule has 2 heterocycles. The van der Waals surface area contributed by atoms with Gasteiger partial charge in [0.1, 0.15) is 6.61 Å². The predicted octanol–water partition coefficient (Wildman–Crippen LogP) is 2.14. The first-order valence-electron chi connectivity index (χ1n) is 10.8. The summed E-state index contributed by atoms with van der Waals surface area (Å²) in [6.07, 6.45) is 4.32. The molecule has 0 N–H and O–H groups in total. The minimum absolute atomic E-state index is 0.0386. The third-order valence-electron chi connectivity index (χ3n) is 5.79. The summed E-state index contributed by atoms with van der Waals surface area (Å²) in [7, 11) is 0. The second-order valence-electron chi connectivity index (χ2n) is 8.73. The fourth-order valence-corrected chi connectivity index (χ4v) is 3.81. The van der Waals surface area contributed by atoms with Crippen molar-refractivity contribution in [2.75, 3.05) is 39.5 Å². The van der Waals surface area contributed by atoms with Crippen LogP contribution in [0.25, 0.3) is 0 Å². The van der Waals surface area contributed by atoms with E-state index in [1.54, 1.807) is 13.8 Å². The quantitative estimate of drug-likeness (QED) is 0.566. The summed E-state index contributed by atoms with van der Waals surface area (Å²) < 4.78 is 11.2. The number of nitrogens with zero attached hydrogens (tertiary/aromatic N) is 1. The second-order valence-corrected chi connectivity index (χ2v) is 8.73. The number of carbonyl (C=O) groups excluding carboxylic acids is 4. The first kappa shape index (κ1) is 23.8. The number of hydrogen-bond donors (Lipinski definition) is 0. The third kappa shape index (κ3) is 7.72. The van der Waals surface area contributed by atoms with E-state index in [2.05, 4.69) is 4.90 Å². The van der Waals surface area contributed by atoms with Crippen molar-refractivity contribution in [3.05, 3.63) is 0 Å². The van der Waals surface area contributed by atoms with E-state index in [1.807, 2.05) is 0 Å². The summed E-state index contributed by atoms with van der Waals surface area (Å²) in [5.41, 5.74) is -0.856. The minimum Gasteiger partial charge on any atom is -0.379 e. The van der Waals surface area contributed by atoms with Crippen LogP contribution in [0.15, 0.2) is 0 Å². The van der Waals surface area contributed by atoms with E-state index in [9.17, 15) is 19.2 Å². The molecule has 2 aliphatic heterocycles. The van der Waals surface area contributed by atoms with Crippen molar-refractivity contribution >= 4 is 23.1 Å². The van der Waals surface area contributed by atoms with Crippen LogP contribution in [0, 0.1) is 5.41 Å². The molecule has 0 spiro atoms. The molecule has 0 aromatic heterocycles. The lowest BCUT2D eigenvalue weighted by molar-refractivity contribution is -0.142. The third-order valence-corrected chi connectivity index (χ3v) is 5.79. The molecule has 29 heavy (non-hydrogen) atoms. The molecule has 0 radical (unpaired) electrons. The molecule has 0 aliphatic carbocycles. The molecular formula is C22H35NO6. The SMILES string of the molecule is CC1(C)CCC(=O)COCCCCN2CCCC(=O)C2COCCCC(=O)C1=O. The Morgan fingerprint density at radius 2 is 1.59 bits per heavy atom. The van der Waals surface area contributed by atoms with Crippen LogP contribution in [0.1, 0.15) is 65.2 Å². The van der Waals surface area contributed by atoms with Crippen LogP contribution in [0.2, 0.25) is 0 Å². The van der Waals surface area contributed by atoms with Gasteiger partial charge in [0, 0.05) is 37.9 Å². The Morgan fingerprint density at radius 3 is 2.38 bits per heavy atom. The topological polar surface area (TPSA) is 90.0 Å². The number of rotatable bonds is 0. The van der Waals surface area contributed by atoms with Gasteiger partial charge in [-0.1, -0.05) is 13.8 Å². The summed E-state index contributed by atoms with van der Waals surface area (Å²) in [5, 5.41) is 0. The zero-order chi connectivity index (χ0) is 21.3. The molecule has 0 aromatic rings. The number of piperidine rings is 1. The lowest BCUT2D eigenvalue weighted by Crippen LogP contribution is -2.48. The Morgan fingerprint density at radius 1 is 0.862 bits per heavy atom. The van der Waals surface area contributed by atoms with Gasteiger partial charge in [0.25, 0.3) is 0 Å². The Balaban J connectivity index is 1.96. The van der Waals surface area contributed by atoms with Gasteiger partial charge < -0.3 is 9.47 Å². The van der Waals surface area contributed by atoms with Crippen LogP contribution in [0.3, 0.4) is 0 Å². The molecule has 1 unspecified atom stereocenters. The predicted molar refractivity (Wildman–Crippen MR) is 108 cm³/mol. The van der Waals surface area contributed by atoms with Crippen LogP contribution in [0.4, 0.5) is 0 Å². The lowest BCUT2D eigenvalue weighted by atomic mass is 9.80. The highest BCUT2D eigenvalue weighted by Gasteiger charge is 2.33. The molecule has 0 saturated carbocycles. The first-order chi connectivity index (χ1) is 13.8. The summed E-state index contributed by atoms with van der Waals surface area (Å²) in [5.74, 6) is -0.698. The molecule has 2 aliphatic rings. The highest BCUT2D eigenvalue weighted by Crippen LogP contribution is 2.25. The molecule has 7 heteroatoms. The molecular weight excluding hydrogens is 374 g/mol. The van der Waals surface area contributed by atoms with Crippen molar-refractivity contribution in [3.8, 4) is 0 Å². The molecule has 2 rings (SSSR count). The minimum atomic E-state index is -0.856. The van der Waals surface area contributed by atoms with Crippen LogP contribution in [-0.2, 0) is 28.7 Å². The van der Waals surface area contributed by atoms with E-state index in [0.29, 0.717) is 39.1 Å². The number of hydrogen-bond acceptors (Lipinski definition) is 7. The van der Waals surface area contributed by atoms with E-state index < -0.39 is 17.0 Å². The van der Waals surface area contributed by atoms with Gasteiger partial charge in [-0.05, 0) is 45.2 Å². The lowest BCUT2D eigenvalue weighted by Gasteiger charge is -2.34. The Hall–Kier alpha value is -1.44.